The summed E-state index contributed by atoms with van der Waals surface area (Å²) in [5.74, 6) is -0.748. The Bertz CT molecular complexity index is 769. The molecule has 0 aliphatic rings. The topological polar surface area (TPSA) is 96.4 Å². The van der Waals surface area contributed by atoms with Crippen molar-refractivity contribution < 1.29 is 18.4 Å². The number of hydroxylamine groups is 1. The van der Waals surface area contributed by atoms with Gasteiger partial charge in [0.2, 0.25) is 0 Å². The molecule has 22 heavy (non-hydrogen) atoms. The van der Waals surface area contributed by atoms with Crippen LogP contribution in [0.3, 0.4) is 0 Å². The molecule has 114 valence electrons. The largest absolute Gasteiger partial charge is 0.288 e. The monoisotopic (exact) mass is 318 g/mol. The van der Waals surface area contributed by atoms with Gasteiger partial charge >= 0.3 is 0 Å². The van der Waals surface area contributed by atoms with E-state index in [0.29, 0.717) is 11.1 Å². The fourth-order valence-corrected chi connectivity index (χ4v) is 3.12. The van der Waals surface area contributed by atoms with Crippen molar-refractivity contribution in [2.45, 2.75) is 10.6 Å². The van der Waals surface area contributed by atoms with E-state index >= 15 is 0 Å². The van der Waals surface area contributed by atoms with Crippen LogP contribution >= 0.6 is 0 Å². The van der Waals surface area contributed by atoms with Crippen molar-refractivity contribution in [2.75, 3.05) is 0 Å². The Morgan fingerprint density at radius 2 is 1.77 bits per heavy atom. The molecule has 0 radical (unpaired) electrons. The number of hydrogen-bond donors (Lipinski definition) is 2. The van der Waals surface area contributed by atoms with Gasteiger partial charge in [0.05, 0.1) is 10.6 Å². The molecule has 1 aromatic carbocycles. The molecular formula is C15H14N2O4S. The van der Waals surface area contributed by atoms with E-state index in [0.717, 1.165) is 0 Å². The van der Waals surface area contributed by atoms with Gasteiger partial charge < -0.3 is 0 Å². The van der Waals surface area contributed by atoms with E-state index in [9.17, 15) is 13.2 Å². The molecule has 0 fully saturated rings. The highest BCUT2D eigenvalue weighted by Crippen LogP contribution is 2.16. The average molecular weight is 318 g/mol. The van der Waals surface area contributed by atoms with Crippen molar-refractivity contribution in [3.63, 3.8) is 0 Å². The third-order valence-corrected chi connectivity index (χ3v) is 4.59. The van der Waals surface area contributed by atoms with Crippen molar-refractivity contribution >= 4 is 21.8 Å². The zero-order chi connectivity index (χ0) is 16.0. The number of hydrogen-bond acceptors (Lipinski definition) is 5. The minimum Gasteiger partial charge on any atom is -0.288 e. The molecule has 7 heteroatoms. The molecule has 0 aliphatic heterocycles. The summed E-state index contributed by atoms with van der Waals surface area (Å²) in [7, 11) is -3.41. The molecular weight excluding hydrogens is 304 g/mol. The molecule has 2 rings (SSSR count). The number of amides is 1. The zero-order valence-corrected chi connectivity index (χ0v) is 12.3. The summed E-state index contributed by atoms with van der Waals surface area (Å²) < 4.78 is 24.4. The summed E-state index contributed by atoms with van der Waals surface area (Å²) in [6.45, 7) is 0. The molecule has 0 saturated carbocycles. The maximum Gasteiger partial charge on any atom is 0.267 e. The van der Waals surface area contributed by atoms with E-state index in [2.05, 4.69) is 4.98 Å². The van der Waals surface area contributed by atoms with E-state index < -0.39 is 15.7 Å². The Labute approximate surface area is 128 Å². The first kappa shape index (κ1) is 15.9. The fraction of sp³-hybridized carbons (Fsp3) is 0.0667. The summed E-state index contributed by atoms with van der Waals surface area (Å²) in [4.78, 5) is 14.9. The maximum absolute atomic E-state index is 12.2. The first-order chi connectivity index (χ1) is 10.5. The lowest BCUT2D eigenvalue weighted by Gasteiger charge is -2.04. The number of carbonyl (C=O) groups is 1. The number of rotatable bonds is 5. The van der Waals surface area contributed by atoms with Crippen LogP contribution in [0.4, 0.5) is 0 Å². The van der Waals surface area contributed by atoms with Gasteiger partial charge in [0.1, 0.15) is 0 Å². The van der Waals surface area contributed by atoms with Crippen molar-refractivity contribution in [3.8, 4) is 0 Å². The van der Waals surface area contributed by atoms with Crippen LogP contribution in [0, 0.1) is 0 Å². The minimum absolute atomic E-state index is 0.113. The summed E-state index contributed by atoms with van der Waals surface area (Å²) in [6.07, 6.45) is 5.55. The highest BCUT2D eigenvalue weighted by molar-refractivity contribution is 7.90. The maximum atomic E-state index is 12.2. The molecule has 1 amide bonds. The highest BCUT2D eigenvalue weighted by atomic mass is 32.2. The van der Waals surface area contributed by atoms with Gasteiger partial charge in [0.15, 0.2) is 9.84 Å². The summed E-state index contributed by atoms with van der Waals surface area (Å²) >= 11 is 0. The van der Waals surface area contributed by atoms with Crippen LogP contribution in [0.2, 0.25) is 0 Å². The predicted molar refractivity (Wildman–Crippen MR) is 80.5 cm³/mol. The normalized spacial score (nSPS) is 11.5. The Hall–Kier alpha value is -2.51. The number of carbonyl (C=O) groups excluding carboxylic acids is 1. The van der Waals surface area contributed by atoms with Gasteiger partial charge in [-0.1, -0.05) is 24.3 Å². The molecule has 0 bridgehead atoms. The quantitative estimate of drug-likeness (QED) is 0.495. The van der Waals surface area contributed by atoms with Gasteiger partial charge in [-0.05, 0) is 29.3 Å². The van der Waals surface area contributed by atoms with E-state index in [4.69, 9.17) is 5.21 Å². The SMILES string of the molecule is O=C(/C=C/c1ccc(CS(=O)(=O)c2ccncc2)cc1)NO. The molecule has 6 nitrogen and oxygen atoms in total. The number of aromatic nitrogens is 1. The Morgan fingerprint density at radius 1 is 1.14 bits per heavy atom. The Balaban J connectivity index is 2.12. The van der Waals surface area contributed by atoms with Crippen LogP contribution < -0.4 is 5.48 Å². The lowest BCUT2D eigenvalue weighted by atomic mass is 10.1. The molecule has 0 aliphatic carbocycles. The third-order valence-electron chi connectivity index (χ3n) is 2.88. The van der Waals surface area contributed by atoms with Gasteiger partial charge in [-0.25, -0.2) is 13.9 Å². The number of nitrogens with zero attached hydrogens (tertiary/aromatic N) is 1. The van der Waals surface area contributed by atoms with Crippen LogP contribution in [0.5, 0.6) is 0 Å². The van der Waals surface area contributed by atoms with Gasteiger partial charge in [0, 0.05) is 18.5 Å². The van der Waals surface area contributed by atoms with Crippen molar-refractivity contribution in [1.29, 1.82) is 0 Å². The predicted octanol–water partition coefficient (Wildman–Crippen LogP) is 1.57. The van der Waals surface area contributed by atoms with Gasteiger partial charge in [0.25, 0.3) is 5.91 Å². The lowest BCUT2D eigenvalue weighted by Crippen LogP contribution is -2.14. The number of nitrogens with one attached hydrogen (secondary N) is 1. The Kier molecular flexibility index (Phi) is 5.03. The van der Waals surface area contributed by atoms with Crippen molar-refractivity contribution in [2.24, 2.45) is 0 Å². The third kappa shape index (κ3) is 4.24. The number of benzene rings is 1. The second-order valence-electron chi connectivity index (χ2n) is 4.49. The summed E-state index contributed by atoms with van der Waals surface area (Å²) in [6, 6.07) is 9.65. The van der Waals surface area contributed by atoms with Gasteiger partial charge in [-0.2, -0.15) is 0 Å². The Morgan fingerprint density at radius 3 is 2.36 bits per heavy atom. The van der Waals surface area contributed by atoms with Crippen LogP contribution in [-0.4, -0.2) is 24.5 Å². The second kappa shape index (κ2) is 6.97. The molecule has 0 spiro atoms. The zero-order valence-electron chi connectivity index (χ0n) is 11.5. The number of pyridine rings is 1. The van der Waals surface area contributed by atoms with Crippen LogP contribution in [0.1, 0.15) is 11.1 Å². The summed E-state index contributed by atoms with van der Waals surface area (Å²) in [5.41, 5.74) is 2.84. The molecule has 0 unspecified atom stereocenters. The molecule has 0 atom stereocenters. The number of sulfone groups is 1. The van der Waals surface area contributed by atoms with E-state index in [1.54, 1.807) is 24.3 Å². The lowest BCUT2D eigenvalue weighted by molar-refractivity contribution is -0.124. The molecule has 2 aromatic rings. The standard InChI is InChI=1S/C15H14N2O4S/c18-15(17-19)6-5-12-1-3-13(4-2-12)11-22(20,21)14-7-9-16-10-8-14/h1-10,19H,11H2,(H,17,18)/b6-5+. The van der Waals surface area contributed by atoms with Crippen LogP contribution in [0.15, 0.2) is 59.8 Å². The van der Waals surface area contributed by atoms with E-state index in [1.807, 2.05) is 0 Å². The molecule has 1 aromatic heterocycles. The molecule has 0 saturated heterocycles. The van der Waals surface area contributed by atoms with Crippen molar-refractivity contribution in [3.05, 3.63) is 66.0 Å². The van der Waals surface area contributed by atoms with Gasteiger partial charge in [-0.15, -0.1) is 0 Å². The van der Waals surface area contributed by atoms with Crippen molar-refractivity contribution in [1.82, 2.24) is 10.5 Å². The highest BCUT2D eigenvalue weighted by Gasteiger charge is 2.14. The smallest absolute Gasteiger partial charge is 0.267 e. The fourth-order valence-electron chi connectivity index (χ4n) is 1.78. The minimum atomic E-state index is -3.41. The van der Waals surface area contributed by atoms with Gasteiger partial charge in [-0.3, -0.25) is 15.0 Å². The first-order valence-electron chi connectivity index (χ1n) is 6.35. The van der Waals surface area contributed by atoms with E-state index in [1.165, 1.54) is 42.2 Å². The second-order valence-corrected chi connectivity index (χ2v) is 6.48. The van der Waals surface area contributed by atoms with Crippen LogP contribution in [0.25, 0.3) is 6.08 Å². The average Bonchev–Trinajstić information content (AvgIpc) is 2.54. The summed E-state index contributed by atoms with van der Waals surface area (Å²) in [5, 5.41) is 8.37. The first-order valence-corrected chi connectivity index (χ1v) is 8.00. The molecule has 1 heterocycles. The van der Waals surface area contributed by atoms with E-state index in [-0.39, 0.29) is 10.6 Å². The van der Waals surface area contributed by atoms with Crippen LogP contribution in [-0.2, 0) is 20.4 Å². The molecule has 2 N–H and O–H groups in total.